The second-order valence-electron chi connectivity index (χ2n) is 8.11. The Bertz CT molecular complexity index is 1150. The number of aryl methyl sites for hydroxylation is 1. The molecule has 0 aliphatic carbocycles. The van der Waals surface area contributed by atoms with E-state index in [0.29, 0.717) is 48.4 Å². The maximum absolute atomic E-state index is 12.7. The largest absolute Gasteiger partial charge is 0.338 e. The van der Waals surface area contributed by atoms with Crippen LogP contribution < -0.4 is 10.2 Å². The van der Waals surface area contributed by atoms with Crippen molar-refractivity contribution in [2.45, 2.75) is 26.2 Å². The lowest BCUT2D eigenvalue weighted by Crippen LogP contribution is -2.47. The second-order valence-corrected chi connectivity index (χ2v) is 8.11. The van der Waals surface area contributed by atoms with Crippen LogP contribution in [0.15, 0.2) is 48.7 Å². The molecule has 1 aliphatic rings. The number of nitrogens with one attached hydrogen (secondary N) is 1. The zero-order valence-corrected chi connectivity index (χ0v) is 19.3. The Labute approximate surface area is 199 Å². The number of anilines is 3. The highest BCUT2D eigenvalue weighted by atomic mass is 16.1. The van der Waals surface area contributed by atoms with Crippen molar-refractivity contribution in [1.82, 2.24) is 24.8 Å². The van der Waals surface area contributed by atoms with E-state index in [4.69, 9.17) is 5.26 Å². The highest BCUT2D eigenvalue weighted by Gasteiger charge is 2.20. The monoisotopic (exact) mass is 456 g/mol. The van der Waals surface area contributed by atoms with Crippen molar-refractivity contribution in [2.75, 3.05) is 42.9 Å². The number of hydrogen-bond acceptors (Lipinski definition) is 9. The molecule has 0 spiro atoms. The number of rotatable bonds is 9. The molecule has 2 aromatic heterocycles. The molecule has 3 aromatic rings. The van der Waals surface area contributed by atoms with Crippen molar-refractivity contribution < 1.29 is 4.79 Å². The number of carbonyl (C=O) groups excluding carboxylic acids is 1. The van der Waals surface area contributed by atoms with Crippen LogP contribution in [0.4, 0.5) is 17.7 Å². The molecular formula is C25H28N8O. The topological polar surface area (TPSA) is 111 Å². The molecule has 1 N–H and O–H groups in total. The van der Waals surface area contributed by atoms with Crippen molar-refractivity contribution in [3.8, 4) is 6.07 Å². The van der Waals surface area contributed by atoms with Gasteiger partial charge in [0.2, 0.25) is 11.9 Å². The fraction of sp³-hybridized carbons (Fsp3) is 0.360. The average molecular weight is 457 g/mol. The molecular weight excluding hydrogens is 428 g/mol. The number of aromatic nitrogens is 4. The highest BCUT2D eigenvalue weighted by Crippen LogP contribution is 2.18. The summed E-state index contributed by atoms with van der Waals surface area (Å²) in [4.78, 5) is 35.3. The predicted octanol–water partition coefficient (Wildman–Crippen LogP) is 3.03. The molecule has 1 aliphatic heterocycles. The summed E-state index contributed by atoms with van der Waals surface area (Å²) in [5.74, 6) is 2.27. The first-order chi connectivity index (χ1) is 16.6. The molecule has 0 unspecified atom stereocenters. The summed E-state index contributed by atoms with van der Waals surface area (Å²) in [6.07, 6.45) is 3.17. The molecule has 0 atom stereocenters. The molecule has 0 amide bonds. The molecule has 1 fully saturated rings. The van der Waals surface area contributed by atoms with E-state index in [0.717, 1.165) is 38.3 Å². The van der Waals surface area contributed by atoms with Gasteiger partial charge in [0.25, 0.3) is 0 Å². The molecule has 9 heteroatoms. The number of benzene rings is 1. The minimum absolute atomic E-state index is 0.0245. The second kappa shape index (κ2) is 11.3. The van der Waals surface area contributed by atoms with E-state index >= 15 is 0 Å². The van der Waals surface area contributed by atoms with Crippen molar-refractivity contribution in [2.24, 2.45) is 0 Å². The van der Waals surface area contributed by atoms with Crippen LogP contribution in [-0.4, -0.2) is 63.3 Å². The maximum Gasteiger partial charge on any atom is 0.233 e. The van der Waals surface area contributed by atoms with Gasteiger partial charge in [-0.2, -0.15) is 20.2 Å². The number of hydrogen-bond donors (Lipinski definition) is 1. The Morgan fingerprint density at radius 3 is 2.62 bits per heavy atom. The van der Waals surface area contributed by atoms with Crippen LogP contribution in [0.1, 0.15) is 35.1 Å². The number of pyridine rings is 1. The first-order valence-electron chi connectivity index (χ1n) is 11.5. The van der Waals surface area contributed by atoms with Gasteiger partial charge in [0, 0.05) is 63.7 Å². The fourth-order valence-corrected chi connectivity index (χ4v) is 3.81. The normalized spacial score (nSPS) is 13.9. The summed E-state index contributed by atoms with van der Waals surface area (Å²) in [5, 5.41) is 12.0. The Morgan fingerprint density at radius 1 is 1.09 bits per heavy atom. The van der Waals surface area contributed by atoms with E-state index in [9.17, 15) is 4.79 Å². The van der Waals surface area contributed by atoms with Gasteiger partial charge < -0.3 is 10.2 Å². The molecule has 34 heavy (non-hydrogen) atoms. The van der Waals surface area contributed by atoms with Crippen LogP contribution >= 0.6 is 0 Å². The summed E-state index contributed by atoms with van der Waals surface area (Å²) in [6.45, 7) is 6.11. The Hall–Kier alpha value is -3.90. The van der Waals surface area contributed by atoms with Crippen molar-refractivity contribution in [3.05, 3.63) is 65.6 Å². The van der Waals surface area contributed by atoms with Gasteiger partial charge in [0.05, 0.1) is 6.07 Å². The molecule has 174 valence electrons. The number of carbonyl (C=O) groups is 1. The van der Waals surface area contributed by atoms with Gasteiger partial charge in [-0.15, -0.1) is 0 Å². The van der Waals surface area contributed by atoms with E-state index in [1.54, 1.807) is 18.3 Å². The van der Waals surface area contributed by atoms with E-state index in [-0.39, 0.29) is 5.78 Å². The summed E-state index contributed by atoms with van der Waals surface area (Å²) in [5.41, 5.74) is 1.56. The van der Waals surface area contributed by atoms with E-state index in [2.05, 4.69) is 41.1 Å². The summed E-state index contributed by atoms with van der Waals surface area (Å²) in [7, 11) is 0. The van der Waals surface area contributed by atoms with E-state index in [1.165, 1.54) is 0 Å². The highest BCUT2D eigenvalue weighted by molar-refractivity contribution is 5.98. The molecule has 3 heterocycles. The minimum Gasteiger partial charge on any atom is -0.338 e. The summed E-state index contributed by atoms with van der Waals surface area (Å²) in [6, 6.07) is 15.3. The van der Waals surface area contributed by atoms with Crippen LogP contribution in [0, 0.1) is 11.3 Å². The first-order valence-corrected chi connectivity index (χ1v) is 11.5. The number of nitriles is 1. The Morgan fingerprint density at radius 2 is 1.88 bits per heavy atom. The third-order valence-electron chi connectivity index (χ3n) is 5.71. The maximum atomic E-state index is 12.7. The van der Waals surface area contributed by atoms with Crippen LogP contribution in [-0.2, 0) is 12.8 Å². The molecule has 9 nitrogen and oxygen atoms in total. The Kier molecular flexibility index (Phi) is 7.73. The lowest BCUT2D eigenvalue weighted by Gasteiger charge is -2.34. The number of nitrogens with zero attached hydrogens (tertiary/aromatic N) is 7. The third-order valence-corrected chi connectivity index (χ3v) is 5.71. The molecule has 0 bridgehead atoms. The number of Topliss-reactive ketones (excluding diaryl/α,β-unsaturated/α-hetero) is 1. The van der Waals surface area contributed by atoms with Crippen molar-refractivity contribution in [3.63, 3.8) is 0 Å². The summed E-state index contributed by atoms with van der Waals surface area (Å²) < 4.78 is 0. The molecule has 1 aromatic carbocycles. The van der Waals surface area contributed by atoms with Gasteiger partial charge in [-0.3, -0.25) is 9.69 Å². The quantitative estimate of drug-likeness (QED) is 0.486. The van der Waals surface area contributed by atoms with Gasteiger partial charge in [-0.1, -0.05) is 37.3 Å². The molecule has 0 radical (unpaired) electrons. The van der Waals surface area contributed by atoms with Crippen LogP contribution in [0.5, 0.6) is 0 Å². The first kappa shape index (κ1) is 23.3. The van der Waals surface area contributed by atoms with Crippen LogP contribution in [0.2, 0.25) is 0 Å². The number of ketones is 1. The Balaban J connectivity index is 1.46. The van der Waals surface area contributed by atoms with Crippen molar-refractivity contribution >= 4 is 23.5 Å². The average Bonchev–Trinajstić information content (AvgIpc) is 2.88. The van der Waals surface area contributed by atoms with Gasteiger partial charge in [-0.25, -0.2) is 4.98 Å². The van der Waals surface area contributed by atoms with Gasteiger partial charge in [0.15, 0.2) is 5.78 Å². The molecule has 4 rings (SSSR count). The number of piperazine rings is 1. The van der Waals surface area contributed by atoms with E-state index < -0.39 is 0 Å². The van der Waals surface area contributed by atoms with Crippen molar-refractivity contribution in [1.29, 1.82) is 5.26 Å². The third kappa shape index (κ3) is 6.11. The fourth-order valence-electron chi connectivity index (χ4n) is 3.81. The van der Waals surface area contributed by atoms with E-state index in [1.807, 2.05) is 37.3 Å². The minimum atomic E-state index is 0.0245. The molecule has 1 saturated heterocycles. The molecule has 0 saturated carbocycles. The van der Waals surface area contributed by atoms with Gasteiger partial charge >= 0.3 is 0 Å². The SMILES string of the molecule is CCc1nc(Nc2cc(C(=O)Cc3ccccc3)ccn2)nc(N2CCN(CCC#N)CC2)n1. The van der Waals surface area contributed by atoms with Crippen LogP contribution in [0.3, 0.4) is 0 Å². The van der Waals surface area contributed by atoms with Gasteiger partial charge in [0.1, 0.15) is 11.6 Å². The zero-order valence-electron chi connectivity index (χ0n) is 19.3. The standard InChI is InChI=1S/C25H28N8O/c1-2-22-28-24(31-25(30-22)33-15-13-32(14-16-33)12-6-10-26)29-23-18-20(9-11-27-23)21(34)17-19-7-4-3-5-8-19/h3-5,7-9,11,18H,2,6,12-17H2,1H3,(H,27,28,29,30,31). The smallest absolute Gasteiger partial charge is 0.233 e. The zero-order chi connectivity index (χ0) is 23.8. The van der Waals surface area contributed by atoms with Crippen LogP contribution in [0.25, 0.3) is 0 Å². The lowest BCUT2D eigenvalue weighted by atomic mass is 10.0. The predicted molar refractivity (Wildman–Crippen MR) is 130 cm³/mol. The van der Waals surface area contributed by atoms with Gasteiger partial charge in [-0.05, 0) is 17.7 Å². The summed E-state index contributed by atoms with van der Waals surface area (Å²) >= 11 is 0. The lowest BCUT2D eigenvalue weighted by molar-refractivity contribution is 0.0993.